The molecule has 0 bridgehead atoms. The van der Waals surface area contributed by atoms with Crippen LogP contribution in [0.25, 0.3) is 6.08 Å². The van der Waals surface area contributed by atoms with Crippen molar-refractivity contribution >= 4 is 52.1 Å². The second-order valence-electron chi connectivity index (χ2n) is 5.51. The lowest BCUT2D eigenvalue weighted by atomic mass is 10.1. The summed E-state index contributed by atoms with van der Waals surface area (Å²) in [6, 6.07) is 11.9. The molecule has 8 heteroatoms. The average molecular weight is 384 g/mol. The minimum atomic E-state index is -0.593. The Bertz CT molecular complexity index is 982. The normalized spacial score (nSPS) is 18.3. The van der Waals surface area contributed by atoms with Crippen molar-refractivity contribution in [1.29, 1.82) is 0 Å². The van der Waals surface area contributed by atoms with Crippen LogP contribution < -0.4 is 0 Å². The average Bonchev–Trinajstić information content (AvgIpc) is 3.04. The Balaban J connectivity index is 1.68. The highest BCUT2D eigenvalue weighted by molar-refractivity contribution is 8.26. The molecule has 4 rings (SSSR count). The quantitative estimate of drug-likeness (QED) is 0.452. The standard InChI is InChI=1S/C18H9FN2O3S2/c19-11-7-5-10(6-8-11)9-14-17(24)21(18(25)26-14)20-15(22)12-3-1-2-4-13(12)16(20)23/h1-9H/b14-9+. The SMILES string of the molecule is O=C1/C(=C\c2ccc(F)cc2)SC(=S)N1N1C(=O)c2ccccc2C1=O. The summed E-state index contributed by atoms with van der Waals surface area (Å²) in [5.41, 5.74) is 1.07. The summed E-state index contributed by atoms with van der Waals surface area (Å²) in [6.45, 7) is 0. The lowest BCUT2D eigenvalue weighted by Crippen LogP contribution is -2.48. The zero-order valence-corrected chi connectivity index (χ0v) is 14.6. The lowest BCUT2D eigenvalue weighted by Gasteiger charge is -2.23. The summed E-state index contributed by atoms with van der Waals surface area (Å²) in [5, 5.41) is 1.69. The molecule has 1 fully saturated rings. The first-order valence-electron chi connectivity index (χ1n) is 7.48. The number of imide groups is 1. The van der Waals surface area contributed by atoms with Gasteiger partial charge < -0.3 is 0 Å². The van der Waals surface area contributed by atoms with Crippen molar-refractivity contribution in [1.82, 2.24) is 10.0 Å². The van der Waals surface area contributed by atoms with E-state index in [0.29, 0.717) is 5.56 Å². The molecule has 2 aliphatic heterocycles. The fourth-order valence-electron chi connectivity index (χ4n) is 2.70. The van der Waals surface area contributed by atoms with E-state index in [1.54, 1.807) is 12.1 Å². The van der Waals surface area contributed by atoms with Crippen molar-refractivity contribution in [2.75, 3.05) is 0 Å². The maximum atomic E-state index is 13.0. The van der Waals surface area contributed by atoms with Crippen molar-refractivity contribution in [3.05, 3.63) is 75.9 Å². The molecule has 2 aromatic rings. The lowest BCUT2D eigenvalue weighted by molar-refractivity contribution is -0.128. The maximum absolute atomic E-state index is 13.0. The fraction of sp³-hybridized carbons (Fsp3) is 0. The first kappa shape index (κ1) is 16.6. The van der Waals surface area contributed by atoms with E-state index in [1.165, 1.54) is 42.5 Å². The van der Waals surface area contributed by atoms with E-state index in [2.05, 4.69) is 0 Å². The Morgan fingerprint density at radius 3 is 2.00 bits per heavy atom. The predicted molar refractivity (Wildman–Crippen MR) is 98.4 cm³/mol. The van der Waals surface area contributed by atoms with Crippen LogP contribution in [0.15, 0.2) is 53.4 Å². The van der Waals surface area contributed by atoms with Gasteiger partial charge in [0.1, 0.15) is 5.82 Å². The number of thiocarbonyl (C=S) groups is 1. The number of halogens is 1. The molecule has 0 aliphatic carbocycles. The van der Waals surface area contributed by atoms with Gasteiger partial charge in [0.15, 0.2) is 4.32 Å². The highest BCUT2D eigenvalue weighted by atomic mass is 32.2. The summed E-state index contributed by atoms with van der Waals surface area (Å²) in [6.07, 6.45) is 1.54. The molecule has 0 spiro atoms. The number of hydrogen-bond donors (Lipinski definition) is 0. The highest BCUT2D eigenvalue weighted by Gasteiger charge is 2.46. The molecule has 0 aromatic heterocycles. The van der Waals surface area contributed by atoms with E-state index in [4.69, 9.17) is 12.2 Å². The van der Waals surface area contributed by atoms with Crippen molar-refractivity contribution in [2.24, 2.45) is 0 Å². The van der Waals surface area contributed by atoms with E-state index < -0.39 is 17.7 Å². The van der Waals surface area contributed by atoms with Gasteiger partial charge in [-0.2, -0.15) is 10.0 Å². The molecular formula is C18H9FN2O3S2. The van der Waals surface area contributed by atoms with Gasteiger partial charge in [-0.05, 0) is 48.1 Å². The van der Waals surface area contributed by atoms with E-state index in [9.17, 15) is 18.8 Å². The van der Waals surface area contributed by atoms with Gasteiger partial charge in [-0.15, -0.1) is 0 Å². The Morgan fingerprint density at radius 2 is 1.42 bits per heavy atom. The third-order valence-electron chi connectivity index (χ3n) is 3.91. The summed E-state index contributed by atoms with van der Waals surface area (Å²) >= 11 is 6.19. The maximum Gasteiger partial charge on any atom is 0.285 e. The van der Waals surface area contributed by atoms with Gasteiger partial charge in [0.25, 0.3) is 17.7 Å². The molecule has 2 aliphatic rings. The highest BCUT2D eigenvalue weighted by Crippen LogP contribution is 2.36. The van der Waals surface area contributed by atoms with Gasteiger partial charge in [0.2, 0.25) is 0 Å². The van der Waals surface area contributed by atoms with Gasteiger partial charge in [-0.1, -0.05) is 36.0 Å². The Labute approximate surface area is 157 Å². The minimum Gasteiger partial charge on any atom is -0.267 e. The summed E-state index contributed by atoms with van der Waals surface area (Å²) in [5.74, 6) is -2.14. The summed E-state index contributed by atoms with van der Waals surface area (Å²) < 4.78 is 13.1. The Morgan fingerprint density at radius 1 is 0.846 bits per heavy atom. The van der Waals surface area contributed by atoms with Crippen LogP contribution in [0.1, 0.15) is 26.3 Å². The number of carbonyl (C=O) groups is 3. The van der Waals surface area contributed by atoms with Gasteiger partial charge in [0.05, 0.1) is 16.0 Å². The van der Waals surface area contributed by atoms with Crippen molar-refractivity contribution in [2.45, 2.75) is 0 Å². The van der Waals surface area contributed by atoms with Crippen molar-refractivity contribution in [3.8, 4) is 0 Å². The monoisotopic (exact) mass is 384 g/mol. The molecule has 0 N–H and O–H groups in total. The third-order valence-corrected chi connectivity index (χ3v) is 5.20. The number of rotatable bonds is 2. The number of thioether (sulfide) groups is 1. The van der Waals surface area contributed by atoms with Crippen molar-refractivity contribution < 1.29 is 18.8 Å². The summed E-state index contributed by atoms with van der Waals surface area (Å²) in [7, 11) is 0. The van der Waals surface area contributed by atoms with E-state index >= 15 is 0 Å². The zero-order chi connectivity index (χ0) is 18.4. The first-order chi connectivity index (χ1) is 12.5. The van der Waals surface area contributed by atoms with Crippen LogP contribution in [0.3, 0.4) is 0 Å². The van der Waals surface area contributed by atoms with Gasteiger partial charge in [0, 0.05) is 0 Å². The number of hydrazine groups is 1. The number of hydrogen-bond acceptors (Lipinski definition) is 5. The van der Waals surface area contributed by atoms with Crippen molar-refractivity contribution in [3.63, 3.8) is 0 Å². The second-order valence-corrected chi connectivity index (χ2v) is 7.19. The van der Waals surface area contributed by atoms with Crippen LogP contribution in [0.5, 0.6) is 0 Å². The molecule has 0 radical (unpaired) electrons. The molecule has 0 unspecified atom stereocenters. The smallest absolute Gasteiger partial charge is 0.267 e. The topological polar surface area (TPSA) is 57.7 Å². The molecule has 0 saturated carbocycles. The van der Waals surface area contributed by atoms with E-state index in [0.717, 1.165) is 21.8 Å². The van der Waals surface area contributed by atoms with Crippen LogP contribution >= 0.6 is 24.0 Å². The van der Waals surface area contributed by atoms with Crippen LogP contribution in [0.4, 0.5) is 4.39 Å². The number of amides is 3. The molecule has 3 amide bonds. The van der Waals surface area contributed by atoms with Crippen LogP contribution in [-0.2, 0) is 4.79 Å². The van der Waals surface area contributed by atoms with Gasteiger partial charge in [-0.3, -0.25) is 14.4 Å². The zero-order valence-electron chi connectivity index (χ0n) is 13.0. The molecule has 2 heterocycles. The van der Waals surface area contributed by atoms with E-state index in [1.807, 2.05) is 0 Å². The van der Waals surface area contributed by atoms with Gasteiger partial charge in [-0.25, -0.2) is 4.39 Å². The summed E-state index contributed by atoms with van der Waals surface area (Å²) in [4.78, 5) is 38.1. The molecule has 2 aromatic carbocycles. The molecule has 26 heavy (non-hydrogen) atoms. The molecular weight excluding hydrogens is 375 g/mol. The van der Waals surface area contributed by atoms with Gasteiger partial charge >= 0.3 is 0 Å². The minimum absolute atomic E-state index is 0.0814. The molecule has 128 valence electrons. The van der Waals surface area contributed by atoms with E-state index in [-0.39, 0.29) is 26.2 Å². The Hall–Kier alpha value is -2.84. The number of carbonyl (C=O) groups excluding carboxylic acids is 3. The second kappa shape index (κ2) is 6.15. The molecule has 1 saturated heterocycles. The third kappa shape index (κ3) is 2.54. The Kier molecular flexibility index (Phi) is 3.93. The van der Waals surface area contributed by atoms with Crippen LogP contribution in [0.2, 0.25) is 0 Å². The first-order valence-corrected chi connectivity index (χ1v) is 8.71. The molecule has 5 nitrogen and oxygen atoms in total. The number of benzene rings is 2. The molecule has 0 atom stereocenters. The predicted octanol–water partition coefficient (Wildman–Crippen LogP) is 3.24. The fourth-order valence-corrected chi connectivity index (χ4v) is 3.94. The van der Waals surface area contributed by atoms with Crippen LogP contribution in [0, 0.1) is 5.82 Å². The largest absolute Gasteiger partial charge is 0.285 e. The number of fused-ring (bicyclic) bond motifs is 1. The number of nitrogens with zero attached hydrogens (tertiary/aromatic N) is 2. The van der Waals surface area contributed by atoms with Crippen LogP contribution in [-0.4, -0.2) is 32.1 Å².